The number of nitrogens with one attached hydrogen (secondary N) is 1. The monoisotopic (exact) mass is 321 g/mol. The van der Waals surface area contributed by atoms with Crippen LogP contribution in [0.4, 0.5) is 0 Å². The van der Waals surface area contributed by atoms with E-state index in [1.54, 1.807) is 0 Å². The first-order chi connectivity index (χ1) is 11.8. The van der Waals surface area contributed by atoms with Gasteiger partial charge in [-0.05, 0) is 29.8 Å². The Hall–Kier alpha value is -2.73. The van der Waals surface area contributed by atoms with Crippen LogP contribution in [0.2, 0.25) is 0 Å². The van der Waals surface area contributed by atoms with Crippen LogP contribution in [0.25, 0.3) is 11.0 Å². The van der Waals surface area contributed by atoms with E-state index in [-0.39, 0.29) is 5.91 Å². The van der Waals surface area contributed by atoms with Crippen LogP contribution in [0, 0.1) is 0 Å². The highest BCUT2D eigenvalue weighted by Gasteiger charge is 2.17. The van der Waals surface area contributed by atoms with Gasteiger partial charge >= 0.3 is 0 Å². The lowest BCUT2D eigenvalue weighted by Crippen LogP contribution is -2.46. The summed E-state index contributed by atoms with van der Waals surface area (Å²) in [6.45, 7) is 3.91. The number of para-hydroxylation sites is 1. The van der Waals surface area contributed by atoms with Gasteiger partial charge in [0.1, 0.15) is 5.52 Å². The van der Waals surface area contributed by atoms with E-state index in [9.17, 15) is 4.79 Å². The van der Waals surface area contributed by atoms with Crippen molar-refractivity contribution in [1.29, 1.82) is 0 Å². The molecule has 3 aromatic rings. The summed E-state index contributed by atoms with van der Waals surface area (Å²) < 4.78 is 1.88. The zero-order valence-electron chi connectivity index (χ0n) is 13.4. The number of carbonyl (C=O) groups is 1. The quantitative estimate of drug-likeness (QED) is 0.794. The molecule has 1 aliphatic rings. The topological polar surface area (TPSA) is 63.1 Å². The molecule has 122 valence electrons. The zero-order chi connectivity index (χ0) is 16.4. The van der Waals surface area contributed by atoms with Gasteiger partial charge in [-0.15, -0.1) is 5.10 Å². The van der Waals surface area contributed by atoms with E-state index in [1.165, 1.54) is 0 Å². The van der Waals surface area contributed by atoms with Gasteiger partial charge < -0.3 is 10.2 Å². The third-order valence-electron chi connectivity index (χ3n) is 4.36. The van der Waals surface area contributed by atoms with E-state index in [0.717, 1.165) is 48.3 Å². The van der Waals surface area contributed by atoms with Crippen molar-refractivity contribution in [2.75, 3.05) is 26.2 Å². The molecule has 2 heterocycles. The molecule has 6 nitrogen and oxygen atoms in total. The highest BCUT2D eigenvalue weighted by atomic mass is 16.2. The predicted molar refractivity (Wildman–Crippen MR) is 91.8 cm³/mol. The van der Waals surface area contributed by atoms with Crippen LogP contribution in [0.3, 0.4) is 0 Å². The second-order valence-electron chi connectivity index (χ2n) is 5.97. The largest absolute Gasteiger partial charge is 0.336 e. The van der Waals surface area contributed by atoms with Crippen molar-refractivity contribution >= 4 is 16.9 Å². The Kier molecular flexibility index (Phi) is 3.96. The molecule has 1 aromatic heterocycles. The molecule has 6 heteroatoms. The summed E-state index contributed by atoms with van der Waals surface area (Å²) in [6, 6.07) is 15.7. The van der Waals surface area contributed by atoms with Crippen LogP contribution >= 0.6 is 0 Å². The second-order valence-corrected chi connectivity index (χ2v) is 5.97. The van der Waals surface area contributed by atoms with E-state index in [1.807, 2.05) is 58.1 Å². The van der Waals surface area contributed by atoms with Crippen molar-refractivity contribution in [2.45, 2.75) is 6.54 Å². The molecule has 4 rings (SSSR count). The van der Waals surface area contributed by atoms with Crippen molar-refractivity contribution in [3.05, 3.63) is 59.7 Å². The summed E-state index contributed by atoms with van der Waals surface area (Å²) in [4.78, 5) is 14.4. The van der Waals surface area contributed by atoms with Crippen LogP contribution in [-0.4, -0.2) is 52.0 Å². The van der Waals surface area contributed by atoms with Gasteiger partial charge in [0.15, 0.2) is 0 Å². The molecule has 0 bridgehead atoms. The minimum atomic E-state index is 0.106. The molecular formula is C18H19N5O. The number of hydrogen-bond acceptors (Lipinski definition) is 4. The fourth-order valence-electron chi connectivity index (χ4n) is 3.01. The lowest BCUT2D eigenvalue weighted by atomic mass is 10.1. The van der Waals surface area contributed by atoms with Crippen molar-refractivity contribution in [1.82, 2.24) is 25.2 Å². The van der Waals surface area contributed by atoms with E-state index < -0.39 is 0 Å². The number of rotatable bonds is 3. The fourth-order valence-corrected chi connectivity index (χ4v) is 3.01. The lowest BCUT2D eigenvalue weighted by Gasteiger charge is -2.27. The van der Waals surface area contributed by atoms with E-state index in [2.05, 4.69) is 15.6 Å². The number of aromatic nitrogens is 3. The molecule has 0 aliphatic carbocycles. The van der Waals surface area contributed by atoms with Crippen molar-refractivity contribution in [3.63, 3.8) is 0 Å². The van der Waals surface area contributed by atoms with Gasteiger partial charge in [0, 0.05) is 31.7 Å². The minimum absolute atomic E-state index is 0.106. The van der Waals surface area contributed by atoms with Crippen LogP contribution in [0.1, 0.15) is 15.9 Å². The normalized spacial score (nSPS) is 14.9. The molecular weight excluding hydrogens is 302 g/mol. The molecule has 0 atom stereocenters. The van der Waals surface area contributed by atoms with Gasteiger partial charge in [-0.1, -0.05) is 29.5 Å². The number of piperazine rings is 1. The number of hydrogen-bond donors (Lipinski definition) is 1. The molecule has 1 fully saturated rings. The average molecular weight is 321 g/mol. The number of carbonyl (C=O) groups excluding carboxylic acids is 1. The number of benzene rings is 2. The van der Waals surface area contributed by atoms with E-state index in [0.29, 0.717) is 6.54 Å². The maximum atomic E-state index is 12.5. The molecule has 0 unspecified atom stereocenters. The lowest BCUT2D eigenvalue weighted by molar-refractivity contribution is 0.0736. The van der Waals surface area contributed by atoms with E-state index in [4.69, 9.17) is 0 Å². The Morgan fingerprint density at radius 3 is 2.58 bits per heavy atom. The summed E-state index contributed by atoms with van der Waals surface area (Å²) in [5.41, 5.74) is 3.74. The first kappa shape index (κ1) is 14.8. The van der Waals surface area contributed by atoms with Gasteiger partial charge in [-0.3, -0.25) is 4.79 Å². The molecule has 0 spiro atoms. The third-order valence-corrected chi connectivity index (χ3v) is 4.36. The maximum absolute atomic E-state index is 12.5. The van der Waals surface area contributed by atoms with Gasteiger partial charge in [0.25, 0.3) is 5.91 Å². The summed E-state index contributed by atoms with van der Waals surface area (Å²) in [5, 5.41) is 11.6. The van der Waals surface area contributed by atoms with E-state index >= 15 is 0 Å². The Morgan fingerprint density at radius 1 is 1.04 bits per heavy atom. The Morgan fingerprint density at radius 2 is 1.79 bits per heavy atom. The van der Waals surface area contributed by atoms with Crippen LogP contribution in [-0.2, 0) is 6.54 Å². The Labute approximate surface area is 140 Å². The predicted octanol–water partition coefficient (Wildman–Crippen LogP) is 1.52. The third kappa shape index (κ3) is 2.88. The summed E-state index contributed by atoms with van der Waals surface area (Å²) in [5.74, 6) is 0.106. The molecule has 0 saturated carbocycles. The number of amides is 1. The smallest absolute Gasteiger partial charge is 0.253 e. The van der Waals surface area contributed by atoms with Crippen molar-refractivity contribution < 1.29 is 4.79 Å². The maximum Gasteiger partial charge on any atom is 0.253 e. The van der Waals surface area contributed by atoms with Crippen LogP contribution < -0.4 is 5.32 Å². The number of nitrogens with zero attached hydrogens (tertiary/aromatic N) is 4. The summed E-state index contributed by atoms with van der Waals surface area (Å²) >= 11 is 0. The van der Waals surface area contributed by atoms with Gasteiger partial charge in [-0.2, -0.15) is 0 Å². The summed E-state index contributed by atoms with van der Waals surface area (Å²) in [7, 11) is 0. The average Bonchev–Trinajstić information content (AvgIpc) is 3.06. The van der Waals surface area contributed by atoms with Crippen molar-refractivity contribution in [2.24, 2.45) is 0 Å². The molecule has 1 amide bonds. The SMILES string of the molecule is O=C(c1ccc(Cn2nnc3ccccc32)cc1)N1CCNCC1. The Balaban J connectivity index is 1.50. The van der Waals surface area contributed by atoms with Crippen LogP contribution in [0.5, 0.6) is 0 Å². The highest BCUT2D eigenvalue weighted by Crippen LogP contribution is 2.13. The Bertz CT molecular complexity index is 849. The first-order valence-electron chi connectivity index (χ1n) is 8.18. The van der Waals surface area contributed by atoms with Crippen LogP contribution in [0.15, 0.2) is 48.5 Å². The van der Waals surface area contributed by atoms with Gasteiger partial charge in [0.2, 0.25) is 0 Å². The molecule has 1 aliphatic heterocycles. The minimum Gasteiger partial charge on any atom is -0.336 e. The second kappa shape index (κ2) is 6.41. The van der Waals surface area contributed by atoms with Crippen molar-refractivity contribution in [3.8, 4) is 0 Å². The van der Waals surface area contributed by atoms with Gasteiger partial charge in [-0.25, -0.2) is 4.68 Å². The molecule has 24 heavy (non-hydrogen) atoms. The molecule has 0 radical (unpaired) electrons. The molecule has 1 saturated heterocycles. The van der Waals surface area contributed by atoms with Gasteiger partial charge in [0.05, 0.1) is 12.1 Å². The highest BCUT2D eigenvalue weighted by molar-refractivity contribution is 5.94. The first-order valence-corrected chi connectivity index (χ1v) is 8.18. The number of fused-ring (bicyclic) bond motifs is 1. The zero-order valence-corrected chi connectivity index (χ0v) is 13.4. The molecule has 1 N–H and O–H groups in total. The standard InChI is InChI=1S/C18H19N5O/c24-18(22-11-9-19-10-12-22)15-7-5-14(6-8-15)13-23-17-4-2-1-3-16(17)20-21-23/h1-8,19H,9-13H2. The summed E-state index contributed by atoms with van der Waals surface area (Å²) in [6.07, 6.45) is 0. The fraction of sp³-hybridized carbons (Fsp3) is 0.278. The molecule has 2 aromatic carbocycles.